The van der Waals surface area contributed by atoms with Crippen molar-refractivity contribution in [3.05, 3.63) is 40.3 Å². The van der Waals surface area contributed by atoms with Crippen LogP contribution in [-0.2, 0) is 14.3 Å². The fourth-order valence-electron chi connectivity index (χ4n) is 2.57. The Labute approximate surface area is 144 Å². The van der Waals surface area contributed by atoms with Crippen LogP contribution in [-0.4, -0.2) is 59.7 Å². The number of ether oxygens (including phenoxy) is 1. The molecule has 7 heteroatoms. The number of aryl methyl sites for hydroxylation is 1. The first-order valence-electron chi connectivity index (χ1n) is 7.73. The van der Waals surface area contributed by atoms with Gasteiger partial charge in [-0.25, -0.2) is 0 Å². The molecule has 2 aliphatic rings. The lowest BCUT2D eigenvalue weighted by atomic mass is 10.1. The van der Waals surface area contributed by atoms with E-state index in [0.717, 1.165) is 27.8 Å². The third-order valence-corrected chi connectivity index (χ3v) is 4.91. The molecule has 0 atom stereocenters. The molecule has 24 heavy (non-hydrogen) atoms. The third kappa shape index (κ3) is 3.52. The van der Waals surface area contributed by atoms with Crippen molar-refractivity contribution in [3.8, 4) is 0 Å². The minimum atomic E-state index is -0.408. The summed E-state index contributed by atoms with van der Waals surface area (Å²) in [5, 5.41) is -0.401. The van der Waals surface area contributed by atoms with Crippen molar-refractivity contribution in [2.24, 2.45) is 0 Å². The molecule has 2 aliphatic heterocycles. The molecular formula is C17H18N2O4S. The summed E-state index contributed by atoms with van der Waals surface area (Å²) in [5.74, 6) is -0.632. The highest BCUT2D eigenvalue weighted by atomic mass is 32.2. The minimum absolute atomic E-state index is 0.213. The maximum absolute atomic E-state index is 12.5. The second-order valence-corrected chi connectivity index (χ2v) is 6.61. The average molecular weight is 346 g/mol. The Kier molecular flexibility index (Phi) is 5.01. The van der Waals surface area contributed by atoms with Crippen LogP contribution in [0, 0.1) is 6.92 Å². The number of morpholine rings is 1. The number of carbonyl (C=O) groups is 3. The number of hydrogen-bond acceptors (Lipinski definition) is 5. The molecule has 2 saturated heterocycles. The quantitative estimate of drug-likeness (QED) is 0.782. The normalized spacial score (nSPS) is 20.1. The van der Waals surface area contributed by atoms with Gasteiger partial charge in [0.05, 0.1) is 18.1 Å². The minimum Gasteiger partial charge on any atom is -0.378 e. The zero-order chi connectivity index (χ0) is 17.1. The van der Waals surface area contributed by atoms with Crippen LogP contribution in [0.25, 0.3) is 6.08 Å². The summed E-state index contributed by atoms with van der Waals surface area (Å²) in [7, 11) is 0. The van der Waals surface area contributed by atoms with E-state index in [1.165, 1.54) is 0 Å². The maximum Gasteiger partial charge on any atom is 0.294 e. The lowest BCUT2D eigenvalue weighted by molar-refractivity contribution is -0.139. The number of imide groups is 1. The van der Waals surface area contributed by atoms with E-state index in [0.29, 0.717) is 31.2 Å². The van der Waals surface area contributed by atoms with Crippen LogP contribution in [0.1, 0.15) is 11.1 Å². The van der Waals surface area contributed by atoms with Gasteiger partial charge in [0.2, 0.25) is 5.91 Å². The number of nitrogens with zero attached hydrogens (tertiary/aromatic N) is 2. The van der Waals surface area contributed by atoms with Crippen LogP contribution in [0.5, 0.6) is 0 Å². The first kappa shape index (κ1) is 16.7. The van der Waals surface area contributed by atoms with Crippen LogP contribution < -0.4 is 0 Å². The molecule has 3 rings (SSSR count). The predicted octanol–water partition coefficient (Wildman–Crippen LogP) is 1.89. The molecule has 2 fully saturated rings. The summed E-state index contributed by atoms with van der Waals surface area (Å²) in [5.41, 5.74) is 1.91. The summed E-state index contributed by atoms with van der Waals surface area (Å²) >= 11 is 0.877. The van der Waals surface area contributed by atoms with E-state index in [1.807, 2.05) is 31.2 Å². The van der Waals surface area contributed by atoms with Crippen LogP contribution in [0.3, 0.4) is 0 Å². The second kappa shape index (κ2) is 7.19. The number of amides is 3. The van der Waals surface area contributed by atoms with E-state index in [9.17, 15) is 14.4 Å². The zero-order valence-electron chi connectivity index (χ0n) is 13.4. The van der Waals surface area contributed by atoms with Gasteiger partial charge in [-0.1, -0.05) is 24.3 Å². The molecule has 0 radical (unpaired) electrons. The van der Waals surface area contributed by atoms with Crippen molar-refractivity contribution in [1.82, 2.24) is 9.80 Å². The Morgan fingerprint density at radius 1 is 1.25 bits per heavy atom. The molecule has 0 saturated carbocycles. The summed E-state index contributed by atoms with van der Waals surface area (Å²) in [6, 6.07) is 7.63. The van der Waals surface area contributed by atoms with Gasteiger partial charge < -0.3 is 9.64 Å². The maximum atomic E-state index is 12.5. The number of benzene rings is 1. The molecule has 0 spiro atoms. The molecule has 0 aliphatic carbocycles. The van der Waals surface area contributed by atoms with E-state index < -0.39 is 11.1 Å². The third-order valence-electron chi connectivity index (χ3n) is 4.01. The van der Waals surface area contributed by atoms with Crippen LogP contribution in [0.2, 0.25) is 0 Å². The second-order valence-electron chi connectivity index (χ2n) is 5.62. The van der Waals surface area contributed by atoms with E-state index in [-0.39, 0.29) is 12.5 Å². The van der Waals surface area contributed by atoms with Gasteiger partial charge in [0.15, 0.2) is 0 Å². The van der Waals surface area contributed by atoms with Crippen molar-refractivity contribution in [2.75, 3.05) is 32.8 Å². The number of carbonyl (C=O) groups excluding carboxylic acids is 3. The Morgan fingerprint density at radius 3 is 2.67 bits per heavy atom. The van der Waals surface area contributed by atoms with Crippen molar-refractivity contribution in [2.45, 2.75) is 6.92 Å². The molecule has 126 valence electrons. The van der Waals surface area contributed by atoms with E-state index in [4.69, 9.17) is 4.74 Å². The van der Waals surface area contributed by atoms with Gasteiger partial charge in [-0.15, -0.1) is 0 Å². The van der Waals surface area contributed by atoms with Gasteiger partial charge in [-0.2, -0.15) is 0 Å². The smallest absolute Gasteiger partial charge is 0.294 e. The van der Waals surface area contributed by atoms with Crippen molar-refractivity contribution in [1.29, 1.82) is 0 Å². The molecule has 0 aromatic heterocycles. The topological polar surface area (TPSA) is 66.9 Å². The molecule has 1 aromatic rings. The average Bonchev–Trinajstić information content (AvgIpc) is 2.85. The fourth-order valence-corrected chi connectivity index (χ4v) is 3.40. The summed E-state index contributed by atoms with van der Waals surface area (Å²) in [6.07, 6.45) is 1.71. The molecular weight excluding hydrogens is 328 g/mol. The van der Waals surface area contributed by atoms with E-state index >= 15 is 0 Å². The summed E-state index contributed by atoms with van der Waals surface area (Å²) in [4.78, 5) is 39.8. The first-order chi connectivity index (χ1) is 11.6. The van der Waals surface area contributed by atoms with Crippen molar-refractivity contribution in [3.63, 3.8) is 0 Å². The fraction of sp³-hybridized carbons (Fsp3) is 0.353. The SMILES string of the molecule is Cc1ccccc1/C=C1\SC(=O)N(CC(=O)N2CCOCC2)C1=O. The van der Waals surface area contributed by atoms with Gasteiger partial charge >= 0.3 is 0 Å². The summed E-state index contributed by atoms with van der Waals surface area (Å²) < 4.78 is 5.20. The van der Waals surface area contributed by atoms with Gasteiger partial charge in [-0.3, -0.25) is 19.3 Å². The molecule has 0 bridgehead atoms. The highest BCUT2D eigenvalue weighted by Gasteiger charge is 2.37. The van der Waals surface area contributed by atoms with E-state index in [2.05, 4.69) is 0 Å². The van der Waals surface area contributed by atoms with Crippen molar-refractivity contribution < 1.29 is 19.1 Å². The lowest BCUT2D eigenvalue weighted by Crippen LogP contribution is -2.46. The predicted molar refractivity (Wildman–Crippen MR) is 91.3 cm³/mol. The Balaban J connectivity index is 1.72. The Hall–Kier alpha value is -2.12. The van der Waals surface area contributed by atoms with E-state index in [1.54, 1.807) is 11.0 Å². The molecule has 0 unspecified atom stereocenters. The van der Waals surface area contributed by atoms with Gasteiger partial charge in [0.25, 0.3) is 11.1 Å². The van der Waals surface area contributed by atoms with Crippen LogP contribution in [0.4, 0.5) is 4.79 Å². The van der Waals surface area contributed by atoms with Gasteiger partial charge in [0, 0.05) is 13.1 Å². The highest BCUT2D eigenvalue weighted by Crippen LogP contribution is 2.32. The summed E-state index contributed by atoms with van der Waals surface area (Å²) in [6.45, 7) is 3.69. The molecule has 2 heterocycles. The monoisotopic (exact) mass is 346 g/mol. The Morgan fingerprint density at radius 2 is 1.96 bits per heavy atom. The number of hydrogen-bond donors (Lipinski definition) is 0. The Bertz CT molecular complexity index is 710. The first-order valence-corrected chi connectivity index (χ1v) is 8.54. The molecule has 1 aromatic carbocycles. The van der Waals surface area contributed by atoms with Crippen LogP contribution >= 0.6 is 11.8 Å². The van der Waals surface area contributed by atoms with Crippen molar-refractivity contribution >= 4 is 34.9 Å². The zero-order valence-corrected chi connectivity index (χ0v) is 14.2. The van der Waals surface area contributed by atoms with Gasteiger partial charge in [-0.05, 0) is 35.9 Å². The highest BCUT2D eigenvalue weighted by molar-refractivity contribution is 8.18. The van der Waals surface area contributed by atoms with Crippen LogP contribution in [0.15, 0.2) is 29.2 Å². The molecule has 0 N–H and O–H groups in total. The standard InChI is InChI=1S/C17H18N2O4S/c1-12-4-2-3-5-13(12)10-14-16(21)19(17(22)24-14)11-15(20)18-6-8-23-9-7-18/h2-5,10H,6-9,11H2,1H3/b14-10-. The largest absolute Gasteiger partial charge is 0.378 e. The number of rotatable bonds is 3. The lowest BCUT2D eigenvalue weighted by Gasteiger charge is -2.28. The van der Waals surface area contributed by atoms with Gasteiger partial charge in [0.1, 0.15) is 6.54 Å². The molecule has 3 amide bonds. The number of thioether (sulfide) groups is 1. The molecule has 6 nitrogen and oxygen atoms in total.